The summed E-state index contributed by atoms with van der Waals surface area (Å²) in [6, 6.07) is 5.88. The van der Waals surface area contributed by atoms with E-state index in [1.807, 2.05) is 30.0 Å². The van der Waals surface area contributed by atoms with Crippen molar-refractivity contribution in [3.05, 3.63) is 29.7 Å². The Kier molecular flexibility index (Phi) is 3.23. The average Bonchev–Trinajstić information content (AvgIpc) is 2.81. The average molecular weight is 258 g/mol. The fraction of sp³-hybridized carbons (Fsp3) is 0.467. The molecule has 0 bridgehead atoms. The molecule has 2 heterocycles. The summed E-state index contributed by atoms with van der Waals surface area (Å²) in [4.78, 5) is 18.5. The molecule has 1 aromatic carbocycles. The molecule has 4 heteroatoms. The number of oxazole rings is 1. The zero-order valence-corrected chi connectivity index (χ0v) is 11.2. The van der Waals surface area contributed by atoms with Crippen molar-refractivity contribution in [3.63, 3.8) is 0 Å². The molecule has 0 radical (unpaired) electrons. The molecule has 1 saturated heterocycles. The Labute approximate surface area is 112 Å². The molecule has 100 valence electrons. The predicted octanol–water partition coefficient (Wildman–Crippen LogP) is 2.69. The number of aryl methyl sites for hydroxylation is 1. The van der Waals surface area contributed by atoms with Crippen LogP contribution in [0.3, 0.4) is 0 Å². The third-order valence-corrected chi connectivity index (χ3v) is 3.60. The molecular formula is C15H18N2O2. The first-order valence-corrected chi connectivity index (χ1v) is 6.86. The highest BCUT2D eigenvalue weighted by Crippen LogP contribution is 2.18. The number of aromatic nitrogens is 1. The van der Waals surface area contributed by atoms with Crippen molar-refractivity contribution in [2.24, 2.45) is 0 Å². The highest BCUT2D eigenvalue weighted by molar-refractivity contribution is 5.79. The van der Waals surface area contributed by atoms with Gasteiger partial charge in [0.25, 0.3) is 0 Å². The quantitative estimate of drug-likeness (QED) is 0.832. The van der Waals surface area contributed by atoms with Crippen LogP contribution >= 0.6 is 0 Å². The Balaban J connectivity index is 1.75. The SMILES string of the molecule is Cc1ccc2oc(CC(=O)N3CCCCC3)nc2c1. The lowest BCUT2D eigenvalue weighted by molar-refractivity contribution is -0.131. The van der Waals surface area contributed by atoms with E-state index in [0.29, 0.717) is 5.89 Å². The molecule has 0 spiro atoms. The molecule has 0 saturated carbocycles. The van der Waals surface area contributed by atoms with Crippen LogP contribution in [0.15, 0.2) is 22.6 Å². The van der Waals surface area contributed by atoms with Gasteiger partial charge in [0.05, 0.1) is 0 Å². The summed E-state index contributed by atoms with van der Waals surface area (Å²) in [7, 11) is 0. The molecule has 2 aromatic rings. The maximum atomic E-state index is 12.1. The summed E-state index contributed by atoms with van der Waals surface area (Å²) in [5.74, 6) is 0.652. The lowest BCUT2D eigenvalue weighted by Crippen LogP contribution is -2.36. The first kappa shape index (κ1) is 12.2. The van der Waals surface area contributed by atoms with Crippen LogP contribution in [0.2, 0.25) is 0 Å². The normalized spacial score (nSPS) is 15.9. The number of benzene rings is 1. The van der Waals surface area contributed by atoms with Gasteiger partial charge in [-0.3, -0.25) is 4.79 Å². The molecule has 19 heavy (non-hydrogen) atoms. The summed E-state index contributed by atoms with van der Waals surface area (Å²) in [6.45, 7) is 3.77. The van der Waals surface area contributed by atoms with Crippen LogP contribution in [-0.2, 0) is 11.2 Å². The van der Waals surface area contributed by atoms with Gasteiger partial charge in [0.1, 0.15) is 11.9 Å². The molecule has 0 N–H and O–H groups in total. The second-order valence-electron chi connectivity index (χ2n) is 5.20. The molecule has 4 nitrogen and oxygen atoms in total. The van der Waals surface area contributed by atoms with Crippen molar-refractivity contribution in [1.29, 1.82) is 0 Å². The minimum absolute atomic E-state index is 0.128. The van der Waals surface area contributed by atoms with Gasteiger partial charge in [0, 0.05) is 13.1 Å². The second kappa shape index (κ2) is 5.03. The minimum atomic E-state index is 0.128. The number of carbonyl (C=O) groups is 1. The van der Waals surface area contributed by atoms with Crippen molar-refractivity contribution in [2.45, 2.75) is 32.6 Å². The largest absolute Gasteiger partial charge is 0.440 e. The van der Waals surface area contributed by atoms with E-state index in [0.717, 1.165) is 42.6 Å². The van der Waals surface area contributed by atoms with Crippen molar-refractivity contribution < 1.29 is 9.21 Å². The van der Waals surface area contributed by atoms with Crippen LogP contribution < -0.4 is 0 Å². The molecule has 0 atom stereocenters. The van der Waals surface area contributed by atoms with Gasteiger partial charge >= 0.3 is 0 Å². The van der Waals surface area contributed by atoms with E-state index in [1.54, 1.807) is 0 Å². The number of carbonyl (C=O) groups excluding carboxylic acids is 1. The number of fused-ring (bicyclic) bond motifs is 1. The van der Waals surface area contributed by atoms with Crippen LogP contribution in [-0.4, -0.2) is 28.9 Å². The van der Waals surface area contributed by atoms with Gasteiger partial charge in [-0.25, -0.2) is 4.98 Å². The summed E-state index contributed by atoms with van der Waals surface area (Å²) < 4.78 is 5.63. The molecule has 1 amide bonds. The zero-order valence-electron chi connectivity index (χ0n) is 11.2. The number of nitrogens with zero attached hydrogens (tertiary/aromatic N) is 2. The van der Waals surface area contributed by atoms with Crippen LogP contribution in [0.1, 0.15) is 30.7 Å². The number of piperidine rings is 1. The van der Waals surface area contributed by atoms with Crippen LogP contribution in [0.25, 0.3) is 11.1 Å². The Hall–Kier alpha value is -1.84. The maximum absolute atomic E-state index is 12.1. The number of amides is 1. The van der Waals surface area contributed by atoms with Gasteiger partial charge in [-0.2, -0.15) is 0 Å². The summed E-state index contributed by atoms with van der Waals surface area (Å²) in [6.07, 6.45) is 3.72. The van der Waals surface area contributed by atoms with E-state index in [4.69, 9.17) is 4.42 Å². The highest BCUT2D eigenvalue weighted by Gasteiger charge is 2.19. The van der Waals surface area contributed by atoms with Gasteiger partial charge < -0.3 is 9.32 Å². The van der Waals surface area contributed by atoms with Crippen molar-refractivity contribution in [1.82, 2.24) is 9.88 Å². The van der Waals surface area contributed by atoms with E-state index in [9.17, 15) is 4.79 Å². The molecule has 1 aliphatic rings. The third-order valence-electron chi connectivity index (χ3n) is 3.60. The van der Waals surface area contributed by atoms with Crippen LogP contribution in [0, 0.1) is 6.92 Å². The first-order valence-electron chi connectivity index (χ1n) is 6.86. The van der Waals surface area contributed by atoms with E-state index in [1.165, 1.54) is 6.42 Å². The standard InChI is InChI=1S/C15H18N2O2/c1-11-5-6-13-12(9-11)16-14(19-13)10-15(18)17-7-3-2-4-8-17/h5-6,9H,2-4,7-8,10H2,1H3. The van der Waals surface area contributed by atoms with Gasteiger partial charge in [-0.15, -0.1) is 0 Å². The summed E-state index contributed by atoms with van der Waals surface area (Å²) in [5.41, 5.74) is 2.74. The number of hydrogen-bond donors (Lipinski definition) is 0. The monoisotopic (exact) mass is 258 g/mol. The Morgan fingerprint density at radius 2 is 2.11 bits per heavy atom. The Morgan fingerprint density at radius 3 is 2.89 bits per heavy atom. The number of rotatable bonds is 2. The lowest BCUT2D eigenvalue weighted by atomic mass is 10.1. The first-order chi connectivity index (χ1) is 9.22. The minimum Gasteiger partial charge on any atom is -0.440 e. The lowest BCUT2D eigenvalue weighted by Gasteiger charge is -2.26. The number of likely N-dealkylation sites (tertiary alicyclic amines) is 1. The van der Waals surface area contributed by atoms with Crippen molar-refractivity contribution >= 4 is 17.0 Å². The second-order valence-corrected chi connectivity index (χ2v) is 5.20. The molecule has 3 rings (SSSR count). The summed E-state index contributed by atoms with van der Waals surface area (Å²) >= 11 is 0. The molecule has 1 aliphatic heterocycles. The van der Waals surface area contributed by atoms with Crippen LogP contribution in [0.4, 0.5) is 0 Å². The van der Waals surface area contributed by atoms with E-state index in [-0.39, 0.29) is 12.3 Å². The highest BCUT2D eigenvalue weighted by atomic mass is 16.3. The Morgan fingerprint density at radius 1 is 1.32 bits per heavy atom. The van der Waals surface area contributed by atoms with Crippen molar-refractivity contribution in [2.75, 3.05) is 13.1 Å². The predicted molar refractivity (Wildman–Crippen MR) is 72.9 cm³/mol. The maximum Gasteiger partial charge on any atom is 0.231 e. The zero-order chi connectivity index (χ0) is 13.2. The van der Waals surface area contributed by atoms with Gasteiger partial charge in [0.2, 0.25) is 11.8 Å². The molecule has 0 aliphatic carbocycles. The fourth-order valence-electron chi connectivity index (χ4n) is 2.55. The van der Waals surface area contributed by atoms with Gasteiger partial charge in [-0.05, 0) is 43.9 Å². The molecular weight excluding hydrogens is 240 g/mol. The van der Waals surface area contributed by atoms with E-state index >= 15 is 0 Å². The van der Waals surface area contributed by atoms with Crippen molar-refractivity contribution in [3.8, 4) is 0 Å². The topological polar surface area (TPSA) is 46.3 Å². The number of hydrogen-bond acceptors (Lipinski definition) is 3. The molecule has 0 unspecified atom stereocenters. The molecule has 1 fully saturated rings. The van der Waals surface area contributed by atoms with Gasteiger partial charge in [-0.1, -0.05) is 6.07 Å². The van der Waals surface area contributed by atoms with E-state index in [2.05, 4.69) is 4.98 Å². The third kappa shape index (κ3) is 2.62. The summed E-state index contributed by atoms with van der Waals surface area (Å²) in [5, 5.41) is 0. The Bertz CT molecular complexity index is 597. The smallest absolute Gasteiger partial charge is 0.231 e. The van der Waals surface area contributed by atoms with E-state index < -0.39 is 0 Å². The fourth-order valence-corrected chi connectivity index (χ4v) is 2.55. The van der Waals surface area contributed by atoms with Gasteiger partial charge in [0.15, 0.2) is 5.58 Å². The van der Waals surface area contributed by atoms with Crippen LogP contribution in [0.5, 0.6) is 0 Å². The molecule has 1 aromatic heterocycles.